The van der Waals surface area contributed by atoms with Crippen molar-refractivity contribution < 1.29 is 0 Å². The predicted octanol–water partition coefficient (Wildman–Crippen LogP) is 3.21. The summed E-state index contributed by atoms with van der Waals surface area (Å²) in [5.41, 5.74) is 3.12. The second-order valence-electron chi connectivity index (χ2n) is 6.56. The van der Waals surface area contributed by atoms with E-state index in [0.717, 1.165) is 12.5 Å². The first-order valence-electron chi connectivity index (χ1n) is 8.37. The van der Waals surface area contributed by atoms with Gasteiger partial charge in [0.1, 0.15) is 0 Å². The Bertz CT molecular complexity index is 429. The normalized spacial score (nSPS) is 27.9. The first-order chi connectivity index (χ1) is 9.85. The highest BCUT2D eigenvalue weighted by Crippen LogP contribution is 2.22. The van der Waals surface area contributed by atoms with Crippen LogP contribution >= 0.6 is 0 Å². The number of hydrogen-bond donors (Lipinski definition) is 1. The summed E-state index contributed by atoms with van der Waals surface area (Å²) in [5, 5.41) is 3.73. The summed E-state index contributed by atoms with van der Waals surface area (Å²) in [5.74, 6) is 0.945. The van der Waals surface area contributed by atoms with Crippen LogP contribution in [0.4, 0.5) is 0 Å². The van der Waals surface area contributed by atoms with E-state index in [9.17, 15) is 0 Å². The second kappa shape index (κ2) is 6.73. The Hall–Kier alpha value is -0.860. The largest absolute Gasteiger partial charge is 0.313 e. The zero-order valence-corrected chi connectivity index (χ0v) is 12.8. The lowest BCUT2D eigenvalue weighted by Crippen LogP contribution is -2.45. The Kier molecular flexibility index (Phi) is 4.74. The van der Waals surface area contributed by atoms with E-state index >= 15 is 0 Å². The number of hydrogen-bond acceptors (Lipinski definition) is 2. The molecule has 1 N–H and O–H groups in total. The molecule has 1 fully saturated rings. The summed E-state index contributed by atoms with van der Waals surface area (Å²) in [6, 6.07) is 9.71. The molecule has 2 aliphatic heterocycles. The zero-order chi connectivity index (χ0) is 13.8. The Morgan fingerprint density at radius 1 is 1.25 bits per heavy atom. The van der Waals surface area contributed by atoms with Crippen molar-refractivity contribution in [2.24, 2.45) is 5.92 Å². The molecule has 3 rings (SSSR count). The molecule has 0 amide bonds. The van der Waals surface area contributed by atoms with Crippen LogP contribution < -0.4 is 5.32 Å². The van der Waals surface area contributed by atoms with E-state index in [-0.39, 0.29) is 0 Å². The van der Waals surface area contributed by atoms with Gasteiger partial charge in [0, 0.05) is 19.1 Å². The van der Waals surface area contributed by atoms with Crippen molar-refractivity contribution in [2.45, 2.75) is 51.6 Å². The molecule has 2 atom stereocenters. The Labute approximate surface area is 123 Å². The zero-order valence-electron chi connectivity index (χ0n) is 12.8. The molecule has 20 heavy (non-hydrogen) atoms. The first kappa shape index (κ1) is 14.1. The summed E-state index contributed by atoms with van der Waals surface area (Å²) in [6.45, 7) is 7.18. The monoisotopic (exact) mass is 272 g/mol. The fraction of sp³-hybridized carbons (Fsp3) is 0.667. The summed E-state index contributed by atoms with van der Waals surface area (Å²) in [7, 11) is 0. The van der Waals surface area contributed by atoms with Gasteiger partial charge < -0.3 is 5.32 Å². The van der Waals surface area contributed by atoms with E-state index in [0.29, 0.717) is 6.04 Å². The van der Waals surface area contributed by atoms with Crippen molar-refractivity contribution in [1.82, 2.24) is 10.2 Å². The Morgan fingerprint density at radius 3 is 2.95 bits per heavy atom. The third kappa shape index (κ3) is 3.42. The number of rotatable bonds is 3. The molecule has 110 valence electrons. The van der Waals surface area contributed by atoms with Crippen LogP contribution in [-0.2, 0) is 13.0 Å². The molecule has 2 heterocycles. The second-order valence-corrected chi connectivity index (χ2v) is 6.56. The van der Waals surface area contributed by atoms with Crippen molar-refractivity contribution in [3.05, 3.63) is 35.4 Å². The number of fused-ring (bicyclic) bond motifs is 1. The molecule has 0 bridgehead atoms. The van der Waals surface area contributed by atoms with Crippen LogP contribution in [0, 0.1) is 5.92 Å². The van der Waals surface area contributed by atoms with E-state index in [1.165, 1.54) is 51.7 Å². The highest BCUT2D eigenvalue weighted by atomic mass is 15.1. The molecule has 1 aromatic carbocycles. The average Bonchev–Trinajstić information content (AvgIpc) is 2.69. The summed E-state index contributed by atoms with van der Waals surface area (Å²) in [4.78, 5) is 2.67. The van der Waals surface area contributed by atoms with Gasteiger partial charge in [0.05, 0.1) is 0 Å². The summed E-state index contributed by atoms with van der Waals surface area (Å²) in [6.07, 6.45) is 6.65. The molecular formula is C18H28N2. The highest BCUT2D eigenvalue weighted by molar-refractivity contribution is 5.28. The van der Waals surface area contributed by atoms with Crippen LogP contribution in [0.25, 0.3) is 0 Å². The molecule has 1 saturated heterocycles. The predicted molar refractivity (Wildman–Crippen MR) is 84.8 cm³/mol. The van der Waals surface area contributed by atoms with E-state index in [1.807, 2.05) is 0 Å². The van der Waals surface area contributed by atoms with E-state index in [4.69, 9.17) is 0 Å². The molecule has 2 unspecified atom stereocenters. The van der Waals surface area contributed by atoms with E-state index in [2.05, 4.69) is 41.4 Å². The molecule has 2 nitrogen and oxygen atoms in total. The van der Waals surface area contributed by atoms with Crippen molar-refractivity contribution in [3.8, 4) is 0 Å². The molecule has 1 aromatic rings. The minimum atomic E-state index is 0.707. The van der Waals surface area contributed by atoms with Gasteiger partial charge in [-0.05, 0) is 55.8 Å². The Morgan fingerprint density at radius 2 is 2.10 bits per heavy atom. The topological polar surface area (TPSA) is 15.3 Å². The van der Waals surface area contributed by atoms with Gasteiger partial charge in [-0.1, -0.05) is 37.6 Å². The van der Waals surface area contributed by atoms with Gasteiger partial charge >= 0.3 is 0 Å². The minimum Gasteiger partial charge on any atom is -0.313 e. The van der Waals surface area contributed by atoms with Crippen molar-refractivity contribution in [2.75, 3.05) is 19.6 Å². The molecule has 0 radical (unpaired) electrons. The lowest BCUT2D eigenvalue weighted by atomic mass is 9.90. The quantitative estimate of drug-likeness (QED) is 0.909. The first-order valence-corrected chi connectivity index (χ1v) is 8.37. The molecule has 0 saturated carbocycles. The van der Waals surface area contributed by atoms with E-state index in [1.54, 1.807) is 11.1 Å². The molecule has 0 aromatic heterocycles. The van der Waals surface area contributed by atoms with Crippen LogP contribution in [-0.4, -0.2) is 30.6 Å². The van der Waals surface area contributed by atoms with Gasteiger partial charge in [0.25, 0.3) is 0 Å². The highest BCUT2D eigenvalue weighted by Gasteiger charge is 2.23. The van der Waals surface area contributed by atoms with Gasteiger partial charge in [-0.25, -0.2) is 0 Å². The number of aryl methyl sites for hydroxylation is 1. The molecule has 2 heteroatoms. The standard InChI is InChI=1S/C18H28N2/c1-2-15-9-10-19-18(12-15)14-20-11-5-8-16-6-3-4-7-17(16)13-20/h3-4,6-7,15,18-19H,2,5,8-14H2,1H3. The van der Waals surface area contributed by atoms with Crippen LogP contribution in [0.15, 0.2) is 24.3 Å². The van der Waals surface area contributed by atoms with Gasteiger partial charge in [0.2, 0.25) is 0 Å². The maximum atomic E-state index is 3.73. The maximum Gasteiger partial charge on any atom is 0.0237 e. The van der Waals surface area contributed by atoms with Gasteiger partial charge in [0.15, 0.2) is 0 Å². The lowest BCUT2D eigenvalue weighted by molar-refractivity contribution is 0.195. The summed E-state index contributed by atoms with van der Waals surface area (Å²) < 4.78 is 0. The smallest absolute Gasteiger partial charge is 0.0237 e. The number of piperidine rings is 1. The van der Waals surface area contributed by atoms with Crippen molar-refractivity contribution in [1.29, 1.82) is 0 Å². The SMILES string of the molecule is CCC1CCNC(CN2CCCc3ccccc3C2)C1. The van der Waals surface area contributed by atoms with Gasteiger partial charge in [-0.15, -0.1) is 0 Å². The fourth-order valence-electron chi connectivity index (χ4n) is 3.84. The fourth-order valence-corrected chi connectivity index (χ4v) is 3.84. The Balaban J connectivity index is 1.60. The van der Waals surface area contributed by atoms with Gasteiger partial charge in [-0.3, -0.25) is 4.90 Å². The van der Waals surface area contributed by atoms with Crippen molar-refractivity contribution in [3.63, 3.8) is 0 Å². The number of benzene rings is 1. The van der Waals surface area contributed by atoms with Crippen LogP contribution in [0.1, 0.15) is 43.7 Å². The van der Waals surface area contributed by atoms with E-state index < -0.39 is 0 Å². The molecule has 2 aliphatic rings. The number of nitrogens with zero attached hydrogens (tertiary/aromatic N) is 1. The summed E-state index contributed by atoms with van der Waals surface area (Å²) >= 11 is 0. The minimum absolute atomic E-state index is 0.707. The molecule has 0 spiro atoms. The van der Waals surface area contributed by atoms with Crippen molar-refractivity contribution >= 4 is 0 Å². The number of nitrogens with one attached hydrogen (secondary N) is 1. The third-order valence-corrected chi connectivity index (χ3v) is 5.09. The third-order valence-electron chi connectivity index (χ3n) is 5.09. The molecule has 0 aliphatic carbocycles. The molecular weight excluding hydrogens is 244 g/mol. The van der Waals surface area contributed by atoms with Crippen LogP contribution in [0.5, 0.6) is 0 Å². The van der Waals surface area contributed by atoms with Gasteiger partial charge in [-0.2, -0.15) is 0 Å². The van der Waals surface area contributed by atoms with Crippen LogP contribution in [0.2, 0.25) is 0 Å². The van der Waals surface area contributed by atoms with Crippen LogP contribution in [0.3, 0.4) is 0 Å². The lowest BCUT2D eigenvalue weighted by Gasteiger charge is -2.33. The average molecular weight is 272 g/mol. The maximum absolute atomic E-state index is 3.73.